The smallest absolute Gasteiger partial charge is 0.287 e. The van der Waals surface area contributed by atoms with Gasteiger partial charge in [-0.3, -0.25) is 15.0 Å². The van der Waals surface area contributed by atoms with Crippen molar-refractivity contribution in [2.75, 3.05) is 18.4 Å². The van der Waals surface area contributed by atoms with Crippen LogP contribution in [0.2, 0.25) is 0 Å². The van der Waals surface area contributed by atoms with Crippen molar-refractivity contribution in [3.05, 3.63) is 51.5 Å². The second-order valence-electron chi connectivity index (χ2n) is 6.33. The first-order valence-corrected chi connectivity index (χ1v) is 8.12. The van der Waals surface area contributed by atoms with Gasteiger partial charge >= 0.3 is 0 Å². The van der Waals surface area contributed by atoms with E-state index in [1.54, 1.807) is 6.07 Å². The van der Waals surface area contributed by atoms with Crippen LogP contribution < -0.4 is 5.32 Å². The van der Waals surface area contributed by atoms with Gasteiger partial charge < -0.3 is 9.88 Å². The summed E-state index contributed by atoms with van der Waals surface area (Å²) in [5, 5.41) is 23.1. The fourth-order valence-corrected chi connectivity index (χ4v) is 3.15. The van der Waals surface area contributed by atoms with Crippen LogP contribution in [0, 0.1) is 28.4 Å². The average molecular weight is 340 g/mol. The van der Waals surface area contributed by atoms with Crippen molar-refractivity contribution in [3.63, 3.8) is 0 Å². The minimum absolute atomic E-state index is 0.00792. The fraction of sp³-hybridized carbons (Fsp3) is 0.412. The molecule has 0 amide bonds. The highest BCUT2D eigenvalue weighted by Crippen LogP contribution is 2.21. The lowest BCUT2D eigenvalue weighted by Gasteiger charge is -2.17. The van der Waals surface area contributed by atoms with Crippen LogP contribution in [0.4, 0.5) is 11.5 Å². The summed E-state index contributed by atoms with van der Waals surface area (Å²) in [4.78, 5) is 16.7. The molecule has 0 aliphatic carbocycles. The maximum atomic E-state index is 10.7. The highest BCUT2D eigenvalue weighted by atomic mass is 16.6. The zero-order valence-corrected chi connectivity index (χ0v) is 14.3. The summed E-state index contributed by atoms with van der Waals surface area (Å²) in [6.45, 7) is 4.67. The highest BCUT2D eigenvalue weighted by molar-refractivity contribution is 5.41. The number of pyridine rings is 1. The molecule has 1 aliphatic rings. The van der Waals surface area contributed by atoms with E-state index in [0.29, 0.717) is 11.5 Å². The predicted molar refractivity (Wildman–Crippen MR) is 93.1 cm³/mol. The Morgan fingerprint density at radius 2 is 2.32 bits per heavy atom. The lowest BCUT2D eigenvalue weighted by atomic mass is 10.2. The third kappa shape index (κ3) is 3.61. The normalized spacial score (nSPS) is 17.4. The second-order valence-corrected chi connectivity index (χ2v) is 6.33. The molecule has 0 spiro atoms. The number of anilines is 1. The van der Waals surface area contributed by atoms with E-state index in [1.165, 1.54) is 17.8 Å². The van der Waals surface area contributed by atoms with Gasteiger partial charge in [-0.1, -0.05) is 0 Å². The van der Waals surface area contributed by atoms with E-state index in [1.807, 2.05) is 24.6 Å². The van der Waals surface area contributed by atoms with Gasteiger partial charge in [0.05, 0.1) is 4.92 Å². The molecule has 2 aromatic heterocycles. The number of nitrogens with one attached hydrogen (secondary N) is 1. The molecule has 1 fully saturated rings. The molecule has 0 saturated carbocycles. The maximum Gasteiger partial charge on any atom is 0.287 e. The topological polar surface area (TPSA) is 100 Å². The fourth-order valence-electron chi connectivity index (χ4n) is 3.15. The van der Waals surface area contributed by atoms with Gasteiger partial charge in [0.15, 0.2) is 0 Å². The van der Waals surface area contributed by atoms with E-state index in [9.17, 15) is 10.1 Å². The molecule has 3 heterocycles. The van der Waals surface area contributed by atoms with Crippen LogP contribution in [-0.2, 0) is 13.6 Å². The number of likely N-dealkylation sites (tertiary alicyclic amines) is 1. The van der Waals surface area contributed by atoms with Crippen molar-refractivity contribution in [1.82, 2.24) is 14.5 Å². The molecule has 0 radical (unpaired) electrons. The van der Waals surface area contributed by atoms with E-state index >= 15 is 0 Å². The Kier molecular flexibility index (Phi) is 4.67. The summed E-state index contributed by atoms with van der Waals surface area (Å²) in [7, 11) is 1.91. The molecule has 0 unspecified atom stereocenters. The van der Waals surface area contributed by atoms with E-state index < -0.39 is 4.92 Å². The zero-order chi connectivity index (χ0) is 18.0. The Morgan fingerprint density at radius 3 is 2.92 bits per heavy atom. The summed E-state index contributed by atoms with van der Waals surface area (Å²) in [6, 6.07) is 7.52. The Morgan fingerprint density at radius 1 is 1.52 bits per heavy atom. The van der Waals surface area contributed by atoms with Gasteiger partial charge in [-0.15, -0.1) is 0 Å². The number of hydrogen-bond acceptors (Lipinski definition) is 6. The third-order valence-electron chi connectivity index (χ3n) is 4.73. The number of nitriles is 1. The van der Waals surface area contributed by atoms with Crippen LogP contribution in [0.3, 0.4) is 0 Å². The maximum absolute atomic E-state index is 10.7. The van der Waals surface area contributed by atoms with Crippen LogP contribution in [0.15, 0.2) is 24.4 Å². The molecule has 0 aromatic carbocycles. The summed E-state index contributed by atoms with van der Waals surface area (Å²) >= 11 is 0. The molecule has 0 bridgehead atoms. The number of aromatic nitrogens is 2. The van der Waals surface area contributed by atoms with E-state index in [0.717, 1.165) is 31.7 Å². The first-order chi connectivity index (χ1) is 12.0. The lowest BCUT2D eigenvalue weighted by molar-refractivity contribution is -0.385. The molecule has 1 saturated heterocycles. The quantitative estimate of drug-likeness (QED) is 0.661. The number of nitrogens with zero attached hydrogens (tertiary/aromatic N) is 5. The van der Waals surface area contributed by atoms with E-state index in [2.05, 4.69) is 21.3 Å². The van der Waals surface area contributed by atoms with Gasteiger partial charge in [-0.25, -0.2) is 4.98 Å². The Bertz CT molecular complexity index is 821. The van der Waals surface area contributed by atoms with E-state index in [4.69, 9.17) is 5.26 Å². The van der Waals surface area contributed by atoms with E-state index in [-0.39, 0.29) is 11.7 Å². The molecular formula is C17H20N6O2. The number of rotatable bonds is 5. The van der Waals surface area contributed by atoms with Gasteiger partial charge in [0.2, 0.25) is 0 Å². The van der Waals surface area contributed by atoms with Crippen molar-refractivity contribution in [3.8, 4) is 6.07 Å². The Hall–Kier alpha value is -2.92. The van der Waals surface area contributed by atoms with Crippen LogP contribution >= 0.6 is 0 Å². The van der Waals surface area contributed by atoms with Crippen molar-refractivity contribution in [2.45, 2.75) is 25.9 Å². The molecular weight excluding hydrogens is 320 g/mol. The molecule has 1 N–H and O–H groups in total. The number of hydrogen-bond donors (Lipinski definition) is 1. The minimum Gasteiger partial charge on any atom is -0.366 e. The van der Waals surface area contributed by atoms with Gasteiger partial charge in [-0.2, -0.15) is 5.26 Å². The number of nitro groups is 1. The van der Waals surface area contributed by atoms with Gasteiger partial charge in [0, 0.05) is 44.5 Å². The SMILES string of the molecule is Cc1c(CN2CC[C@@H](Nc3ccc([N+](=O)[O-])cn3)C2)cc(C#N)n1C. The second kappa shape index (κ2) is 6.91. The summed E-state index contributed by atoms with van der Waals surface area (Å²) in [6.07, 6.45) is 2.25. The Labute approximate surface area is 145 Å². The average Bonchev–Trinajstić information content (AvgIpc) is 3.15. The molecule has 8 heteroatoms. The van der Waals surface area contributed by atoms with Gasteiger partial charge in [-0.05, 0) is 31.0 Å². The lowest BCUT2D eigenvalue weighted by Crippen LogP contribution is -2.26. The van der Waals surface area contributed by atoms with Crippen LogP contribution in [0.5, 0.6) is 0 Å². The monoisotopic (exact) mass is 340 g/mol. The van der Waals surface area contributed by atoms with Crippen molar-refractivity contribution < 1.29 is 4.92 Å². The zero-order valence-electron chi connectivity index (χ0n) is 14.3. The Balaban J connectivity index is 1.59. The van der Waals surface area contributed by atoms with Crippen LogP contribution in [-0.4, -0.2) is 38.5 Å². The summed E-state index contributed by atoms with van der Waals surface area (Å²) < 4.78 is 1.92. The molecule has 25 heavy (non-hydrogen) atoms. The molecule has 1 aliphatic heterocycles. The summed E-state index contributed by atoms with van der Waals surface area (Å²) in [5.74, 6) is 0.653. The van der Waals surface area contributed by atoms with Crippen molar-refractivity contribution in [1.29, 1.82) is 5.26 Å². The summed E-state index contributed by atoms with van der Waals surface area (Å²) in [5.41, 5.74) is 2.96. The standard InChI is InChI=1S/C17H20N6O2/c1-12-13(7-16(8-18)21(12)2)10-22-6-5-14(11-22)20-17-4-3-15(9-19-17)23(24)25/h3-4,7,9,14H,5-6,10-11H2,1-2H3,(H,19,20)/t14-/m1/s1. The van der Waals surface area contributed by atoms with Crippen molar-refractivity contribution >= 4 is 11.5 Å². The first kappa shape index (κ1) is 16.9. The van der Waals surface area contributed by atoms with Gasteiger partial charge in [0.1, 0.15) is 23.8 Å². The van der Waals surface area contributed by atoms with Crippen molar-refractivity contribution in [2.24, 2.45) is 7.05 Å². The molecule has 1 atom stereocenters. The van der Waals surface area contributed by atoms with Crippen LogP contribution in [0.1, 0.15) is 23.4 Å². The molecule has 130 valence electrons. The molecule has 2 aromatic rings. The highest BCUT2D eigenvalue weighted by Gasteiger charge is 2.24. The third-order valence-corrected chi connectivity index (χ3v) is 4.73. The first-order valence-electron chi connectivity index (χ1n) is 8.12. The van der Waals surface area contributed by atoms with Crippen LogP contribution in [0.25, 0.3) is 0 Å². The largest absolute Gasteiger partial charge is 0.366 e. The minimum atomic E-state index is -0.453. The predicted octanol–water partition coefficient (Wildman–Crippen LogP) is 2.19. The molecule has 3 rings (SSSR count). The van der Waals surface area contributed by atoms with Gasteiger partial charge in [0.25, 0.3) is 5.69 Å². The molecule has 8 nitrogen and oxygen atoms in total.